The molecular formula is C28H27F2N3O4S. The average molecular weight is 540 g/mol. The van der Waals surface area contributed by atoms with Crippen molar-refractivity contribution in [2.45, 2.75) is 31.2 Å². The minimum Gasteiger partial charge on any atom is -0.399 e. The van der Waals surface area contributed by atoms with Crippen LogP contribution in [0.4, 0.5) is 8.78 Å². The number of amides is 2. The van der Waals surface area contributed by atoms with Gasteiger partial charge in [-0.25, -0.2) is 8.78 Å². The summed E-state index contributed by atoms with van der Waals surface area (Å²) in [5.74, 6) is -2.62. The van der Waals surface area contributed by atoms with Crippen molar-refractivity contribution >= 4 is 28.8 Å². The number of halogens is 2. The van der Waals surface area contributed by atoms with E-state index in [0.717, 1.165) is 10.4 Å². The van der Waals surface area contributed by atoms with Crippen LogP contribution >= 0.6 is 11.3 Å². The number of carbonyl (C=O) groups excluding carboxylic acids is 2. The fourth-order valence-corrected chi connectivity index (χ4v) is 5.63. The molecule has 3 heterocycles. The van der Waals surface area contributed by atoms with Gasteiger partial charge in [0.15, 0.2) is 5.79 Å². The summed E-state index contributed by atoms with van der Waals surface area (Å²) in [4.78, 5) is 28.9. The van der Waals surface area contributed by atoms with E-state index < -0.39 is 23.5 Å². The van der Waals surface area contributed by atoms with Crippen molar-refractivity contribution in [3.8, 4) is 11.1 Å². The molecule has 2 amide bonds. The number of benzene rings is 2. The molecule has 1 unspecified atom stereocenters. The highest BCUT2D eigenvalue weighted by Crippen LogP contribution is 2.35. The smallest absolute Gasteiger partial charge is 0.243 e. The van der Waals surface area contributed by atoms with Crippen LogP contribution in [-0.2, 0) is 32.0 Å². The molecule has 0 radical (unpaired) electrons. The second-order valence-electron chi connectivity index (χ2n) is 9.39. The molecule has 7 nitrogen and oxygen atoms in total. The van der Waals surface area contributed by atoms with E-state index in [0.29, 0.717) is 35.6 Å². The number of hydrogen-bond acceptors (Lipinski definition) is 6. The van der Waals surface area contributed by atoms with E-state index >= 15 is 0 Å². The van der Waals surface area contributed by atoms with E-state index in [2.05, 4.69) is 11.9 Å². The summed E-state index contributed by atoms with van der Waals surface area (Å²) in [6.45, 7) is 4.87. The Morgan fingerprint density at radius 1 is 1.13 bits per heavy atom. The summed E-state index contributed by atoms with van der Waals surface area (Å²) in [6.07, 6.45) is 0.102. The van der Waals surface area contributed by atoms with Crippen LogP contribution in [0.5, 0.6) is 0 Å². The first-order valence-corrected chi connectivity index (χ1v) is 13.0. The number of nitrogens with two attached hydrogens (primary N) is 1. The molecular weight excluding hydrogens is 512 g/mol. The molecule has 1 spiro atoms. The molecule has 2 saturated heterocycles. The number of thiophene rings is 1. The van der Waals surface area contributed by atoms with Crippen molar-refractivity contribution in [2.75, 3.05) is 19.8 Å². The Bertz CT molecular complexity index is 1370. The maximum atomic E-state index is 14.9. The van der Waals surface area contributed by atoms with Crippen LogP contribution in [0.25, 0.3) is 16.8 Å². The molecule has 38 heavy (non-hydrogen) atoms. The molecule has 1 aromatic heterocycles. The average Bonchev–Trinajstić information content (AvgIpc) is 3.64. The Labute approximate surface area is 222 Å². The Balaban J connectivity index is 1.29. The molecule has 0 aliphatic carbocycles. The third-order valence-electron chi connectivity index (χ3n) is 6.73. The largest absolute Gasteiger partial charge is 0.399 e. The van der Waals surface area contributed by atoms with Crippen molar-refractivity contribution in [1.29, 1.82) is 0 Å². The molecule has 1 atom stereocenters. The lowest BCUT2D eigenvalue weighted by atomic mass is 10.0. The van der Waals surface area contributed by atoms with Gasteiger partial charge in [-0.1, -0.05) is 30.8 Å². The van der Waals surface area contributed by atoms with E-state index in [9.17, 15) is 18.4 Å². The Morgan fingerprint density at radius 2 is 1.87 bits per heavy atom. The summed E-state index contributed by atoms with van der Waals surface area (Å²) in [5, 5.41) is 4.76. The number of rotatable bonds is 7. The molecule has 2 aliphatic heterocycles. The zero-order valence-electron chi connectivity index (χ0n) is 20.5. The van der Waals surface area contributed by atoms with E-state index in [1.54, 1.807) is 12.1 Å². The topological polar surface area (TPSA) is 93.9 Å². The third kappa shape index (κ3) is 5.47. The second-order valence-corrected chi connectivity index (χ2v) is 10.4. The Kier molecular flexibility index (Phi) is 7.29. The minimum atomic E-state index is -1.03. The number of likely N-dealkylation sites (tertiary alicyclic amines) is 1. The fourth-order valence-electron chi connectivity index (χ4n) is 4.78. The summed E-state index contributed by atoms with van der Waals surface area (Å²) in [5.41, 5.74) is 8.29. The van der Waals surface area contributed by atoms with Gasteiger partial charge in [-0.2, -0.15) is 0 Å². The first-order valence-electron chi connectivity index (χ1n) is 12.1. The lowest BCUT2D eigenvalue weighted by Crippen LogP contribution is -2.46. The zero-order chi connectivity index (χ0) is 26.9. The highest BCUT2D eigenvalue weighted by atomic mass is 32.1. The van der Waals surface area contributed by atoms with Gasteiger partial charge in [-0.05, 0) is 35.4 Å². The second kappa shape index (κ2) is 10.6. The third-order valence-corrected chi connectivity index (χ3v) is 7.67. The molecule has 5 rings (SSSR count). The molecule has 10 heteroatoms. The predicted octanol–water partition coefficient (Wildman–Crippen LogP) is 3.83. The summed E-state index contributed by atoms with van der Waals surface area (Å²) < 4.78 is 39.7. The van der Waals surface area contributed by atoms with Crippen LogP contribution < -0.4 is 11.1 Å². The quantitative estimate of drug-likeness (QED) is 0.476. The van der Waals surface area contributed by atoms with E-state index in [1.165, 1.54) is 46.6 Å². The highest BCUT2D eigenvalue weighted by molar-refractivity contribution is 7.10. The van der Waals surface area contributed by atoms with Crippen LogP contribution in [0.2, 0.25) is 0 Å². The molecule has 0 bridgehead atoms. The van der Waals surface area contributed by atoms with Crippen molar-refractivity contribution in [3.63, 3.8) is 0 Å². The van der Waals surface area contributed by atoms with E-state index in [1.807, 2.05) is 11.4 Å². The first-order chi connectivity index (χ1) is 18.2. The summed E-state index contributed by atoms with van der Waals surface area (Å²) in [7, 11) is 0. The van der Waals surface area contributed by atoms with Crippen molar-refractivity contribution in [3.05, 3.63) is 88.1 Å². The molecule has 3 N–H and O–H groups in total. The number of nitrogens with zero attached hydrogens (tertiary/aromatic N) is 1. The number of carbonyl (C=O) groups is 2. The van der Waals surface area contributed by atoms with Gasteiger partial charge in [0, 0.05) is 33.5 Å². The van der Waals surface area contributed by atoms with Crippen molar-refractivity contribution in [1.82, 2.24) is 10.2 Å². The van der Waals surface area contributed by atoms with Gasteiger partial charge in [0.2, 0.25) is 11.8 Å². The minimum absolute atomic E-state index is 0.104. The first kappa shape index (κ1) is 26.0. The molecule has 2 aromatic carbocycles. The number of ether oxygens (including phenoxy) is 2. The van der Waals surface area contributed by atoms with Gasteiger partial charge in [0.05, 0.1) is 32.7 Å². The maximum Gasteiger partial charge on any atom is 0.243 e. The van der Waals surface area contributed by atoms with E-state index in [4.69, 9.17) is 15.2 Å². The van der Waals surface area contributed by atoms with Gasteiger partial charge in [0.1, 0.15) is 17.7 Å². The van der Waals surface area contributed by atoms with Crippen LogP contribution in [0.15, 0.2) is 60.5 Å². The maximum absolute atomic E-state index is 14.9. The van der Waals surface area contributed by atoms with Gasteiger partial charge in [0.25, 0.3) is 0 Å². The fraction of sp³-hybridized carbons (Fsp3) is 0.286. The predicted molar refractivity (Wildman–Crippen MR) is 140 cm³/mol. The number of hydrogen-bond donors (Lipinski definition) is 2. The van der Waals surface area contributed by atoms with Gasteiger partial charge in [-0.15, -0.1) is 11.3 Å². The lowest BCUT2D eigenvalue weighted by Gasteiger charge is -2.24. The molecule has 2 aliphatic rings. The molecule has 0 saturated carbocycles. The monoisotopic (exact) mass is 539 g/mol. The summed E-state index contributed by atoms with van der Waals surface area (Å²) >= 11 is 1.45. The highest BCUT2D eigenvalue weighted by Gasteiger charge is 2.52. The Morgan fingerprint density at radius 3 is 2.53 bits per heavy atom. The Hall–Kier alpha value is -3.60. The molecule has 3 aromatic rings. The standard InChI is InChI=1S/C28H27F2N3O4S/c1-17(31)20-12-22(38-15-20)14-32-27(35)25-13-28(36-8-9-37-28)16-33(25)26(34)11-18-2-7-23(24(30)10-18)19-3-5-21(29)6-4-19/h2-7,10,12,15,25H,1,8-9,11,13-14,16,31H2,(H,32,35). The number of nitrogens with one attached hydrogen (secondary N) is 1. The summed E-state index contributed by atoms with van der Waals surface area (Å²) in [6, 6.07) is 11.1. The van der Waals surface area contributed by atoms with E-state index in [-0.39, 0.29) is 37.7 Å². The normalized spacial score (nSPS) is 18.2. The van der Waals surface area contributed by atoms with Crippen molar-refractivity contribution < 1.29 is 27.8 Å². The van der Waals surface area contributed by atoms with Gasteiger partial charge < -0.3 is 25.4 Å². The molecule has 2 fully saturated rings. The van der Waals surface area contributed by atoms with Crippen LogP contribution in [0, 0.1) is 11.6 Å². The van der Waals surface area contributed by atoms with Gasteiger partial charge >= 0.3 is 0 Å². The van der Waals surface area contributed by atoms with Crippen LogP contribution in [0.3, 0.4) is 0 Å². The zero-order valence-corrected chi connectivity index (χ0v) is 21.4. The molecule has 198 valence electrons. The van der Waals surface area contributed by atoms with Gasteiger partial charge in [-0.3, -0.25) is 9.59 Å². The lowest BCUT2D eigenvalue weighted by molar-refractivity contribution is -0.152. The van der Waals surface area contributed by atoms with Crippen LogP contribution in [0.1, 0.15) is 22.4 Å². The SMILES string of the molecule is C=C(N)c1csc(CNC(=O)C2CC3(CN2C(=O)Cc2ccc(-c4ccc(F)cc4)c(F)c2)OCCO3)c1. The van der Waals surface area contributed by atoms with Crippen molar-refractivity contribution in [2.24, 2.45) is 5.73 Å². The van der Waals surface area contributed by atoms with Crippen LogP contribution in [-0.4, -0.2) is 48.3 Å².